The van der Waals surface area contributed by atoms with Crippen LogP contribution in [0.3, 0.4) is 0 Å². The Balaban J connectivity index is 2.70. The quantitative estimate of drug-likeness (QED) is 0.799. The number of carbonyl (C=O) groups excluding carboxylic acids is 1. The van der Waals surface area contributed by atoms with Gasteiger partial charge in [0.25, 0.3) is 0 Å². The Morgan fingerprint density at radius 2 is 1.60 bits per heavy atom. The Morgan fingerprint density at radius 1 is 1.13 bits per heavy atom. The molecule has 0 aliphatic rings. The third-order valence-electron chi connectivity index (χ3n) is 1.69. The van der Waals surface area contributed by atoms with Crippen molar-refractivity contribution in [3.63, 3.8) is 0 Å². The van der Waals surface area contributed by atoms with Crippen LogP contribution in [0.2, 0.25) is 0 Å². The summed E-state index contributed by atoms with van der Waals surface area (Å²) in [6, 6.07) is 5.89. The average molecular weight is 218 g/mol. The Morgan fingerprint density at radius 3 is 2.00 bits per heavy atom. The number of alkyl halides is 3. The number of hydrogen-bond donors (Lipinski definition) is 2. The topological polar surface area (TPSA) is 41.1 Å². The van der Waals surface area contributed by atoms with Gasteiger partial charge in [0.2, 0.25) is 0 Å². The second kappa shape index (κ2) is 4.20. The van der Waals surface area contributed by atoms with Crippen LogP contribution in [-0.2, 0) is 4.79 Å². The van der Waals surface area contributed by atoms with Crippen LogP contribution in [0.1, 0.15) is 0 Å². The summed E-state index contributed by atoms with van der Waals surface area (Å²) in [4.78, 5) is 10.5. The molecule has 15 heavy (non-hydrogen) atoms. The van der Waals surface area contributed by atoms with Crippen molar-refractivity contribution in [2.24, 2.45) is 0 Å². The Bertz CT molecular complexity index is 345. The molecule has 0 aromatic heterocycles. The van der Waals surface area contributed by atoms with Crippen molar-refractivity contribution >= 4 is 17.3 Å². The van der Waals surface area contributed by atoms with E-state index in [1.165, 1.54) is 12.1 Å². The summed E-state index contributed by atoms with van der Waals surface area (Å²) in [5.74, 6) is -1.97. The minimum Gasteiger partial charge on any atom is -0.388 e. The predicted octanol–water partition coefficient (Wildman–Crippen LogP) is 2.23. The molecular weight excluding hydrogens is 209 g/mol. The molecule has 0 saturated carbocycles. The minimum absolute atomic E-state index is 0.108. The number of hydrogen-bond acceptors (Lipinski definition) is 2. The van der Waals surface area contributed by atoms with Crippen molar-refractivity contribution in [2.45, 2.75) is 6.18 Å². The van der Waals surface area contributed by atoms with Gasteiger partial charge in [-0.1, -0.05) is 0 Å². The van der Waals surface area contributed by atoms with Gasteiger partial charge < -0.3 is 10.6 Å². The highest BCUT2D eigenvalue weighted by molar-refractivity contribution is 5.95. The summed E-state index contributed by atoms with van der Waals surface area (Å²) in [6.45, 7) is 0. The molecule has 0 saturated heterocycles. The van der Waals surface area contributed by atoms with Gasteiger partial charge in [0.1, 0.15) is 0 Å². The summed E-state index contributed by atoms with van der Waals surface area (Å²) in [7, 11) is 1.68. The maximum Gasteiger partial charge on any atom is 0.471 e. The van der Waals surface area contributed by atoms with Crippen molar-refractivity contribution in [2.75, 3.05) is 17.7 Å². The van der Waals surface area contributed by atoms with Crippen molar-refractivity contribution in [3.05, 3.63) is 24.3 Å². The van der Waals surface area contributed by atoms with E-state index in [-0.39, 0.29) is 5.69 Å². The van der Waals surface area contributed by atoms with Crippen molar-refractivity contribution in [1.82, 2.24) is 0 Å². The standard InChI is InChI=1S/C9H9F3N2O/c1-13-6-2-4-7(5-3-6)14-8(15)9(10,11)12/h2-5,13H,1H3,(H,14,15). The first-order valence-electron chi connectivity index (χ1n) is 4.09. The smallest absolute Gasteiger partial charge is 0.388 e. The fourth-order valence-electron chi connectivity index (χ4n) is 0.922. The zero-order valence-corrected chi connectivity index (χ0v) is 7.85. The Labute approximate surface area is 84.3 Å². The van der Waals surface area contributed by atoms with Crippen LogP contribution in [0, 0.1) is 0 Å². The highest BCUT2D eigenvalue weighted by Gasteiger charge is 2.38. The van der Waals surface area contributed by atoms with E-state index in [0.717, 1.165) is 5.69 Å². The molecule has 0 atom stereocenters. The molecule has 1 aromatic carbocycles. The maximum atomic E-state index is 11.9. The molecule has 0 heterocycles. The first-order valence-corrected chi connectivity index (χ1v) is 4.09. The number of benzene rings is 1. The van der Waals surface area contributed by atoms with Gasteiger partial charge in [0.15, 0.2) is 0 Å². The summed E-state index contributed by atoms with van der Waals surface area (Å²) in [5, 5.41) is 4.54. The molecule has 0 radical (unpaired) electrons. The predicted molar refractivity (Wildman–Crippen MR) is 50.7 cm³/mol. The zero-order valence-electron chi connectivity index (χ0n) is 7.85. The molecule has 1 amide bonds. The fourth-order valence-corrected chi connectivity index (χ4v) is 0.922. The van der Waals surface area contributed by atoms with E-state index < -0.39 is 12.1 Å². The van der Waals surface area contributed by atoms with Crippen LogP contribution in [0.4, 0.5) is 24.5 Å². The molecule has 0 fully saturated rings. The molecular formula is C9H9F3N2O. The van der Waals surface area contributed by atoms with E-state index in [2.05, 4.69) is 5.32 Å². The molecule has 2 N–H and O–H groups in total. The van der Waals surface area contributed by atoms with E-state index in [1.807, 2.05) is 0 Å². The lowest BCUT2D eigenvalue weighted by atomic mass is 10.3. The van der Waals surface area contributed by atoms with Gasteiger partial charge in [-0.15, -0.1) is 0 Å². The lowest BCUT2D eigenvalue weighted by molar-refractivity contribution is -0.167. The van der Waals surface area contributed by atoms with Crippen LogP contribution in [0.25, 0.3) is 0 Å². The van der Waals surface area contributed by atoms with Gasteiger partial charge >= 0.3 is 12.1 Å². The summed E-state index contributed by atoms with van der Waals surface area (Å²) < 4.78 is 35.6. The van der Waals surface area contributed by atoms with Gasteiger partial charge in [-0.3, -0.25) is 4.79 Å². The molecule has 0 unspecified atom stereocenters. The van der Waals surface area contributed by atoms with Crippen LogP contribution >= 0.6 is 0 Å². The third kappa shape index (κ3) is 3.16. The zero-order chi connectivity index (χ0) is 11.5. The van der Waals surface area contributed by atoms with Gasteiger partial charge in [-0.2, -0.15) is 13.2 Å². The van der Waals surface area contributed by atoms with E-state index in [9.17, 15) is 18.0 Å². The fraction of sp³-hybridized carbons (Fsp3) is 0.222. The van der Waals surface area contributed by atoms with Crippen LogP contribution < -0.4 is 10.6 Å². The molecule has 0 spiro atoms. The van der Waals surface area contributed by atoms with E-state index >= 15 is 0 Å². The number of rotatable bonds is 2. The third-order valence-corrected chi connectivity index (χ3v) is 1.69. The molecule has 0 bridgehead atoms. The molecule has 1 rings (SSSR count). The normalized spacial score (nSPS) is 10.9. The largest absolute Gasteiger partial charge is 0.471 e. The Hall–Kier alpha value is -1.72. The average Bonchev–Trinajstić information content (AvgIpc) is 2.17. The van der Waals surface area contributed by atoms with Gasteiger partial charge in [-0.05, 0) is 24.3 Å². The number of amides is 1. The first-order chi connectivity index (χ1) is 6.93. The van der Waals surface area contributed by atoms with Crippen molar-refractivity contribution < 1.29 is 18.0 Å². The Kier molecular flexibility index (Phi) is 3.18. The van der Waals surface area contributed by atoms with Crippen molar-refractivity contribution in [3.8, 4) is 0 Å². The molecule has 6 heteroatoms. The molecule has 3 nitrogen and oxygen atoms in total. The summed E-state index contributed by atoms with van der Waals surface area (Å²) >= 11 is 0. The second-order valence-electron chi connectivity index (χ2n) is 2.78. The van der Waals surface area contributed by atoms with Crippen LogP contribution in [-0.4, -0.2) is 19.1 Å². The second-order valence-corrected chi connectivity index (χ2v) is 2.78. The molecule has 1 aromatic rings. The lowest BCUT2D eigenvalue weighted by Crippen LogP contribution is -2.29. The van der Waals surface area contributed by atoms with Gasteiger partial charge in [0.05, 0.1) is 0 Å². The van der Waals surface area contributed by atoms with Gasteiger partial charge in [0, 0.05) is 18.4 Å². The number of anilines is 2. The van der Waals surface area contributed by atoms with E-state index in [4.69, 9.17) is 0 Å². The SMILES string of the molecule is CNc1ccc(NC(=O)C(F)(F)F)cc1. The molecule has 0 aliphatic carbocycles. The van der Waals surface area contributed by atoms with Crippen LogP contribution in [0.15, 0.2) is 24.3 Å². The van der Waals surface area contributed by atoms with E-state index in [1.54, 1.807) is 24.5 Å². The molecule has 82 valence electrons. The number of halogens is 3. The van der Waals surface area contributed by atoms with Crippen molar-refractivity contribution in [1.29, 1.82) is 0 Å². The van der Waals surface area contributed by atoms with E-state index in [0.29, 0.717) is 0 Å². The maximum absolute atomic E-state index is 11.9. The summed E-state index contributed by atoms with van der Waals surface area (Å²) in [5.41, 5.74) is 0.858. The number of carbonyl (C=O) groups is 1. The number of nitrogens with one attached hydrogen (secondary N) is 2. The monoisotopic (exact) mass is 218 g/mol. The summed E-state index contributed by atoms with van der Waals surface area (Å²) in [6.07, 6.45) is -4.86. The molecule has 0 aliphatic heterocycles. The highest BCUT2D eigenvalue weighted by atomic mass is 19.4. The lowest BCUT2D eigenvalue weighted by Gasteiger charge is -2.08. The first kappa shape index (κ1) is 11.4. The highest BCUT2D eigenvalue weighted by Crippen LogP contribution is 2.19. The minimum atomic E-state index is -4.86. The van der Waals surface area contributed by atoms with Gasteiger partial charge in [-0.25, -0.2) is 0 Å². The van der Waals surface area contributed by atoms with Crippen LogP contribution in [0.5, 0.6) is 0 Å².